The number of nitrogens with zero attached hydrogens (tertiary/aromatic N) is 4. The van der Waals surface area contributed by atoms with Crippen LogP contribution in [0.2, 0.25) is 5.02 Å². The number of carboxylic acid groups (broad SMARTS) is 1. The van der Waals surface area contributed by atoms with Crippen LogP contribution < -0.4 is 9.80 Å². The first-order chi connectivity index (χ1) is 10.6. The summed E-state index contributed by atoms with van der Waals surface area (Å²) in [5.41, 5.74) is 0. The van der Waals surface area contributed by atoms with Crippen molar-refractivity contribution in [2.75, 3.05) is 36.2 Å². The molecule has 0 aromatic carbocycles. The van der Waals surface area contributed by atoms with Gasteiger partial charge in [-0.25, -0.2) is 4.98 Å². The first-order valence-electron chi connectivity index (χ1n) is 7.43. The third-order valence-corrected chi connectivity index (χ3v) is 4.07. The molecule has 0 unspecified atom stereocenters. The third-order valence-electron chi connectivity index (χ3n) is 3.80. The number of halogens is 1. The molecule has 0 radical (unpaired) electrons. The smallest absolute Gasteiger partial charge is 0.306 e. The summed E-state index contributed by atoms with van der Waals surface area (Å²) in [4.78, 5) is 23.3. The van der Waals surface area contributed by atoms with Gasteiger partial charge in [0.2, 0.25) is 5.95 Å². The highest BCUT2D eigenvalue weighted by molar-refractivity contribution is 6.32. The molecule has 22 heavy (non-hydrogen) atoms. The number of rotatable bonds is 6. The van der Waals surface area contributed by atoms with Crippen molar-refractivity contribution in [1.29, 1.82) is 0 Å². The molecule has 2 heterocycles. The number of carbonyl (C=O) groups is 1. The van der Waals surface area contributed by atoms with E-state index < -0.39 is 5.97 Å². The first kappa shape index (κ1) is 16.8. The molecule has 8 heteroatoms. The van der Waals surface area contributed by atoms with Crippen LogP contribution in [0.4, 0.5) is 11.8 Å². The summed E-state index contributed by atoms with van der Waals surface area (Å²) < 4.78 is 0. The molecular formula is C14H21ClN4O3. The summed E-state index contributed by atoms with van der Waals surface area (Å²) >= 11 is 6.19. The van der Waals surface area contributed by atoms with Crippen LogP contribution in [-0.2, 0) is 4.79 Å². The zero-order chi connectivity index (χ0) is 16.1. The highest BCUT2D eigenvalue weighted by Gasteiger charge is 2.26. The number of anilines is 2. The Labute approximate surface area is 134 Å². The minimum atomic E-state index is -0.747. The van der Waals surface area contributed by atoms with Crippen molar-refractivity contribution < 1.29 is 15.0 Å². The van der Waals surface area contributed by atoms with Crippen molar-refractivity contribution in [3.8, 4) is 0 Å². The van der Waals surface area contributed by atoms with Gasteiger partial charge in [0.25, 0.3) is 0 Å². The molecule has 122 valence electrons. The molecule has 2 rings (SSSR count). The number of hydrogen-bond acceptors (Lipinski definition) is 6. The van der Waals surface area contributed by atoms with E-state index in [0.717, 1.165) is 6.42 Å². The Morgan fingerprint density at radius 3 is 2.73 bits per heavy atom. The molecule has 1 aromatic rings. The van der Waals surface area contributed by atoms with Crippen LogP contribution in [0.3, 0.4) is 0 Å². The van der Waals surface area contributed by atoms with Gasteiger partial charge in [-0.15, -0.1) is 0 Å². The van der Waals surface area contributed by atoms with Crippen LogP contribution in [0.15, 0.2) is 6.20 Å². The largest absolute Gasteiger partial charge is 0.481 e. The Hall–Kier alpha value is -1.60. The lowest BCUT2D eigenvalue weighted by molar-refractivity contribution is -0.142. The summed E-state index contributed by atoms with van der Waals surface area (Å²) in [6.07, 6.45) is 3.54. The van der Waals surface area contributed by atoms with Crippen LogP contribution in [0.1, 0.15) is 26.2 Å². The second-order valence-electron chi connectivity index (χ2n) is 5.35. The molecule has 0 spiro atoms. The molecule has 0 bridgehead atoms. The van der Waals surface area contributed by atoms with Crippen LogP contribution in [0.5, 0.6) is 0 Å². The molecule has 0 aliphatic carbocycles. The molecule has 1 aliphatic heterocycles. The van der Waals surface area contributed by atoms with Crippen molar-refractivity contribution >= 4 is 29.3 Å². The minimum absolute atomic E-state index is 0.157. The van der Waals surface area contributed by atoms with E-state index in [2.05, 4.69) is 9.97 Å². The van der Waals surface area contributed by atoms with Crippen molar-refractivity contribution in [3.05, 3.63) is 11.2 Å². The van der Waals surface area contributed by atoms with E-state index in [1.54, 1.807) is 4.90 Å². The van der Waals surface area contributed by atoms with E-state index in [1.807, 2.05) is 11.8 Å². The molecule has 7 nitrogen and oxygen atoms in total. The summed E-state index contributed by atoms with van der Waals surface area (Å²) in [7, 11) is 0. The van der Waals surface area contributed by atoms with E-state index in [9.17, 15) is 9.90 Å². The molecule has 1 fully saturated rings. The number of aromatic nitrogens is 2. The fraction of sp³-hybridized carbons (Fsp3) is 0.643. The molecule has 1 saturated heterocycles. The summed E-state index contributed by atoms with van der Waals surface area (Å²) in [6, 6.07) is 0. The molecule has 1 aromatic heterocycles. The van der Waals surface area contributed by atoms with Gasteiger partial charge in [-0.1, -0.05) is 18.5 Å². The number of piperidine rings is 1. The van der Waals surface area contributed by atoms with Crippen molar-refractivity contribution in [1.82, 2.24) is 9.97 Å². The highest BCUT2D eigenvalue weighted by Crippen LogP contribution is 2.29. The third kappa shape index (κ3) is 3.78. The Bertz CT molecular complexity index is 521. The zero-order valence-corrected chi connectivity index (χ0v) is 13.3. The van der Waals surface area contributed by atoms with Gasteiger partial charge in [0.1, 0.15) is 11.8 Å². The summed E-state index contributed by atoms with van der Waals surface area (Å²) in [6.45, 7) is 3.70. The molecule has 0 atom stereocenters. The number of aliphatic carboxylic acids is 1. The predicted molar refractivity (Wildman–Crippen MR) is 84.3 cm³/mol. The van der Waals surface area contributed by atoms with Gasteiger partial charge in [0, 0.05) is 19.6 Å². The monoisotopic (exact) mass is 328 g/mol. The number of hydrogen-bond donors (Lipinski definition) is 2. The van der Waals surface area contributed by atoms with Crippen LogP contribution in [0.25, 0.3) is 0 Å². The average Bonchev–Trinajstić information content (AvgIpc) is 2.53. The van der Waals surface area contributed by atoms with Gasteiger partial charge in [-0.2, -0.15) is 4.98 Å². The van der Waals surface area contributed by atoms with Crippen LogP contribution in [0, 0.1) is 5.92 Å². The molecule has 0 saturated carbocycles. The van der Waals surface area contributed by atoms with Crippen molar-refractivity contribution in [2.45, 2.75) is 26.2 Å². The highest BCUT2D eigenvalue weighted by atomic mass is 35.5. The number of aliphatic hydroxyl groups is 1. The molecule has 0 amide bonds. The van der Waals surface area contributed by atoms with Gasteiger partial charge < -0.3 is 20.0 Å². The SMILES string of the molecule is CCCN(CO)c1ncc(Cl)c(N2CCC(C(=O)O)CC2)n1. The molecular weight excluding hydrogens is 308 g/mol. The lowest BCUT2D eigenvalue weighted by atomic mass is 9.97. The maximum atomic E-state index is 11.0. The van der Waals surface area contributed by atoms with E-state index >= 15 is 0 Å². The second kappa shape index (κ2) is 7.60. The number of carboxylic acids is 1. The Kier molecular flexibility index (Phi) is 5.79. The van der Waals surface area contributed by atoms with Crippen LogP contribution in [-0.4, -0.2) is 52.5 Å². The Morgan fingerprint density at radius 2 is 2.18 bits per heavy atom. The van der Waals surface area contributed by atoms with Gasteiger partial charge in [0.15, 0.2) is 5.82 Å². The lowest BCUT2D eigenvalue weighted by Gasteiger charge is -2.32. The maximum absolute atomic E-state index is 11.0. The van der Waals surface area contributed by atoms with E-state index in [1.165, 1.54) is 6.20 Å². The normalized spacial score (nSPS) is 15.9. The maximum Gasteiger partial charge on any atom is 0.306 e. The Balaban J connectivity index is 2.15. The predicted octanol–water partition coefficient (Wildman–Crippen LogP) is 1.60. The van der Waals surface area contributed by atoms with Crippen molar-refractivity contribution in [3.63, 3.8) is 0 Å². The fourth-order valence-corrected chi connectivity index (χ4v) is 2.78. The first-order valence-corrected chi connectivity index (χ1v) is 7.80. The van der Waals surface area contributed by atoms with Gasteiger partial charge in [-0.05, 0) is 19.3 Å². The average molecular weight is 329 g/mol. The van der Waals surface area contributed by atoms with Gasteiger partial charge in [0.05, 0.1) is 12.1 Å². The van der Waals surface area contributed by atoms with Gasteiger partial charge in [-0.3, -0.25) is 4.79 Å². The topological polar surface area (TPSA) is 89.8 Å². The van der Waals surface area contributed by atoms with Gasteiger partial charge >= 0.3 is 5.97 Å². The second-order valence-corrected chi connectivity index (χ2v) is 5.75. The lowest BCUT2D eigenvalue weighted by Crippen LogP contribution is -2.37. The van der Waals surface area contributed by atoms with Crippen LogP contribution >= 0.6 is 11.6 Å². The summed E-state index contributed by atoms with van der Waals surface area (Å²) in [5, 5.41) is 18.9. The van der Waals surface area contributed by atoms with E-state index in [-0.39, 0.29) is 12.6 Å². The van der Waals surface area contributed by atoms with E-state index in [0.29, 0.717) is 49.3 Å². The summed E-state index contributed by atoms with van der Waals surface area (Å²) in [5.74, 6) is -0.0111. The quantitative estimate of drug-likeness (QED) is 0.766. The van der Waals surface area contributed by atoms with E-state index in [4.69, 9.17) is 16.7 Å². The molecule has 1 aliphatic rings. The standard InChI is InChI=1S/C14H21ClN4O3/c1-2-5-19(9-20)14-16-8-11(15)12(17-14)18-6-3-10(4-7-18)13(21)22/h8,10,20H,2-7,9H2,1H3,(H,21,22). The minimum Gasteiger partial charge on any atom is -0.481 e. The number of aliphatic hydroxyl groups excluding tert-OH is 1. The fourth-order valence-electron chi connectivity index (χ4n) is 2.57. The zero-order valence-electron chi connectivity index (χ0n) is 12.6. The Morgan fingerprint density at radius 1 is 1.50 bits per heavy atom. The van der Waals surface area contributed by atoms with Crippen molar-refractivity contribution in [2.24, 2.45) is 5.92 Å². The molecule has 2 N–H and O–H groups in total.